The largest absolute Gasteiger partial charge is 0.299 e. The molecule has 0 radical (unpaired) electrons. The quantitative estimate of drug-likeness (QED) is 0.356. The number of aromatic nitrogens is 2. The summed E-state index contributed by atoms with van der Waals surface area (Å²) in [6.45, 7) is -0.505. The van der Waals surface area contributed by atoms with Crippen molar-refractivity contribution >= 4 is 61.3 Å². The Morgan fingerprint density at radius 2 is 1.58 bits per heavy atom. The van der Waals surface area contributed by atoms with E-state index >= 15 is 0 Å². The van der Waals surface area contributed by atoms with Crippen LogP contribution in [0.5, 0.6) is 0 Å². The van der Waals surface area contributed by atoms with Crippen LogP contribution >= 0.6 is 34.5 Å². The molecule has 0 aliphatic heterocycles. The van der Waals surface area contributed by atoms with Crippen molar-refractivity contribution in [1.82, 2.24) is 10.2 Å². The highest BCUT2D eigenvalue weighted by Crippen LogP contribution is 2.31. The molecule has 3 aromatic carbocycles. The highest BCUT2D eigenvalue weighted by Gasteiger charge is 2.28. The Balaban J connectivity index is 1.61. The van der Waals surface area contributed by atoms with Crippen LogP contribution in [0.1, 0.15) is 0 Å². The number of halogens is 2. The molecule has 1 N–H and O–H groups in total. The Morgan fingerprint density at radius 3 is 2.24 bits per heavy atom. The minimum Gasteiger partial charge on any atom is -0.299 e. The number of nitrogens with one attached hydrogen (secondary N) is 1. The lowest BCUT2D eigenvalue weighted by Gasteiger charge is -2.24. The van der Waals surface area contributed by atoms with E-state index < -0.39 is 22.5 Å². The summed E-state index contributed by atoms with van der Waals surface area (Å²) in [6, 6.07) is 21.6. The third kappa shape index (κ3) is 5.33. The van der Waals surface area contributed by atoms with Gasteiger partial charge in [-0.25, -0.2) is 8.42 Å². The Hall–Kier alpha value is -2.98. The van der Waals surface area contributed by atoms with Gasteiger partial charge in [0.2, 0.25) is 11.0 Å². The number of carbonyl (C=O) groups excluding carboxylic acids is 1. The summed E-state index contributed by atoms with van der Waals surface area (Å²) in [5.41, 5.74) is 1.06. The molecular formula is C22H16Cl2N4O3S2. The molecule has 0 aliphatic carbocycles. The lowest BCUT2D eigenvalue weighted by Crippen LogP contribution is -2.38. The molecule has 4 rings (SSSR count). The normalized spacial score (nSPS) is 11.2. The molecule has 4 aromatic rings. The first-order valence-corrected chi connectivity index (χ1v) is 12.6. The summed E-state index contributed by atoms with van der Waals surface area (Å²) in [5.74, 6) is -0.587. The number of anilines is 2. The van der Waals surface area contributed by atoms with Crippen molar-refractivity contribution in [3.05, 3.63) is 88.9 Å². The van der Waals surface area contributed by atoms with Gasteiger partial charge in [-0.3, -0.25) is 14.4 Å². The summed E-state index contributed by atoms with van der Waals surface area (Å²) in [4.78, 5) is 12.9. The maximum absolute atomic E-state index is 13.4. The van der Waals surface area contributed by atoms with Gasteiger partial charge in [0.05, 0.1) is 20.6 Å². The first-order chi connectivity index (χ1) is 15.8. The summed E-state index contributed by atoms with van der Waals surface area (Å²) >= 11 is 13.3. The van der Waals surface area contributed by atoms with Crippen molar-refractivity contribution in [2.24, 2.45) is 0 Å². The standard InChI is InChI=1S/C22H16Cl2N4O3S2/c23-18-12-11-16(13-19(18)24)28(33(30,31)17-9-5-2-6-10-17)14-20(29)25-22-27-26-21(32-22)15-7-3-1-4-8-15/h1-13H,14H2,(H,25,27,29). The SMILES string of the molecule is O=C(CN(c1ccc(Cl)c(Cl)c1)S(=O)(=O)c1ccccc1)Nc1nnc(-c2ccccc2)s1. The van der Waals surface area contributed by atoms with Gasteiger partial charge in [-0.15, -0.1) is 10.2 Å². The number of benzene rings is 3. The summed E-state index contributed by atoms with van der Waals surface area (Å²) in [7, 11) is -4.07. The number of rotatable bonds is 7. The first kappa shape index (κ1) is 23.2. The molecule has 1 aromatic heterocycles. The van der Waals surface area contributed by atoms with Crippen molar-refractivity contribution in [3.8, 4) is 10.6 Å². The van der Waals surface area contributed by atoms with Gasteiger partial charge in [0, 0.05) is 5.56 Å². The van der Waals surface area contributed by atoms with E-state index in [-0.39, 0.29) is 25.8 Å². The van der Waals surface area contributed by atoms with E-state index in [9.17, 15) is 13.2 Å². The number of amides is 1. The Bertz CT molecular complexity index is 1380. The fraction of sp³-hybridized carbons (Fsp3) is 0.0455. The number of hydrogen-bond acceptors (Lipinski definition) is 6. The number of sulfonamides is 1. The van der Waals surface area contributed by atoms with Crippen LogP contribution in [0.3, 0.4) is 0 Å². The van der Waals surface area contributed by atoms with E-state index in [1.807, 2.05) is 30.3 Å². The van der Waals surface area contributed by atoms with Gasteiger partial charge in [0.15, 0.2) is 0 Å². The summed E-state index contributed by atoms with van der Waals surface area (Å²) < 4.78 is 27.7. The number of nitrogens with zero attached hydrogens (tertiary/aromatic N) is 3. The second-order valence-corrected chi connectivity index (χ2v) is 10.4. The van der Waals surface area contributed by atoms with Gasteiger partial charge in [0.1, 0.15) is 11.6 Å². The maximum atomic E-state index is 13.4. The molecule has 0 atom stereocenters. The van der Waals surface area contributed by atoms with Gasteiger partial charge in [0.25, 0.3) is 10.0 Å². The van der Waals surface area contributed by atoms with E-state index in [2.05, 4.69) is 15.5 Å². The highest BCUT2D eigenvalue weighted by molar-refractivity contribution is 7.92. The lowest BCUT2D eigenvalue weighted by atomic mass is 10.2. The lowest BCUT2D eigenvalue weighted by molar-refractivity contribution is -0.114. The Morgan fingerprint density at radius 1 is 0.909 bits per heavy atom. The summed E-state index contributed by atoms with van der Waals surface area (Å²) in [5, 5.41) is 12.0. The number of carbonyl (C=O) groups is 1. The fourth-order valence-electron chi connectivity index (χ4n) is 2.94. The first-order valence-electron chi connectivity index (χ1n) is 9.56. The zero-order chi connectivity index (χ0) is 23.4. The predicted molar refractivity (Wildman–Crippen MR) is 131 cm³/mol. The number of hydrogen-bond donors (Lipinski definition) is 1. The fourth-order valence-corrected chi connectivity index (χ4v) is 5.43. The molecular weight excluding hydrogens is 503 g/mol. The molecule has 0 aliphatic rings. The van der Waals surface area contributed by atoms with Gasteiger partial charge in [-0.1, -0.05) is 83.1 Å². The van der Waals surface area contributed by atoms with Crippen molar-refractivity contribution in [2.45, 2.75) is 4.90 Å². The second-order valence-electron chi connectivity index (χ2n) is 6.75. The van der Waals surface area contributed by atoms with Crippen LogP contribution in [-0.2, 0) is 14.8 Å². The van der Waals surface area contributed by atoms with Crippen molar-refractivity contribution in [1.29, 1.82) is 0 Å². The predicted octanol–water partition coefficient (Wildman–Crippen LogP) is 5.35. The average Bonchev–Trinajstić information content (AvgIpc) is 3.29. The van der Waals surface area contributed by atoms with Gasteiger partial charge >= 0.3 is 0 Å². The van der Waals surface area contributed by atoms with Crippen molar-refractivity contribution < 1.29 is 13.2 Å². The average molecular weight is 519 g/mol. The molecule has 0 saturated carbocycles. The van der Waals surface area contributed by atoms with Crippen LogP contribution in [0.4, 0.5) is 10.8 Å². The molecule has 0 bridgehead atoms. The van der Waals surface area contributed by atoms with E-state index in [1.54, 1.807) is 18.2 Å². The molecule has 1 amide bonds. The zero-order valence-electron chi connectivity index (χ0n) is 16.9. The van der Waals surface area contributed by atoms with Crippen molar-refractivity contribution in [3.63, 3.8) is 0 Å². The van der Waals surface area contributed by atoms with Gasteiger partial charge in [-0.2, -0.15) is 0 Å². The smallest absolute Gasteiger partial charge is 0.264 e. The maximum Gasteiger partial charge on any atom is 0.264 e. The van der Waals surface area contributed by atoms with Gasteiger partial charge in [-0.05, 0) is 30.3 Å². The van der Waals surface area contributed by atoms with Crippen LogP contribution in [0.15, 0.2) is 83.8 Å². The van der Waals surface area contributed by atoms with Crippen LogP contribution in [0.25, 0.3) is 10.6 Å². The van der Waals surface area contributed by atoms with Crippen LogP contribution in [0.2, 0.25) is 10.0 Å². The Kier molecular flexibility index (Phi) is 6.94. The zero-order valence-corrected chi connectivity index (χ0v) is 20.0. The topological polar surface area (TPSA) is 92.3 Å². The van der Waals surface area contributed by atoms with Gasteiger partial charge < -0.3 is 0 Å². The van der Waals surface area contributed by atoms with E-state index in [1.165, 1.54) is 41.7 Å². The molecule has 1 heterocycles. The molecule has 0 unspecified atom stereocenters. The highest BCUT2D eigenvalue weighted by atomic mass is 35.5. The molecule has 0 saturated heterocycles. The second kappa shape index (κ2) is 9.88. The minimum absolute atomic E-state index is 0.0335. The summed E-state index contributed by atoms with van der Waals surface area (Å²) in [6.07, 6.45) is 0. The third-order valence-corrected chi connectivity index (χ3v) is 7.92. The third-order valence-electron chi connectivity index (χ3n) is 4.50. The molecule has 33 heavy (non-hydrogen) atoms. The van der Waals surface area contributed by atoms with E-state index in [0.29, 0.717) is 5.01 Å². The van der Waals surface area contributed by atoms with E-state index in [0.717, 1.165) is 9.87 Å². The van der Waals surface area contributed by atoms with E-state index in [4.69, 9.17) is 23.2 Å². The molecule has 11 heteroatoms. The Labute approximate surface area is 204 Å². The molecule has 0 fully saturated rings. The van der Waals surface area contributed by atoms with Crippen LogP contribution in [0, 0.1) is 0 Å². The molecule has 0 spiro atoms. The van der Waals surface area contributed by atoms with Crippen molar-refractivity contribution in [2.75, 3.05) is 16.2 Å². The van der Waals surface area contributed by atoms with Crippen LogP contribution in [-0.4, -0.2) is 31.1 Å². The monoisotopic (exact) mass is 518 g/mol. The minimum atomic E-state index is -4.07. The molecule has 7 nitrogen and oxygen atoms in total. The van der Waals surface area contributed by atoms with Crippen LogP contribution < -0.4 is 9.62 Å². The molecule has 168 valence electrons.